The van der Waals surface area contributed by atoms with Crippen LogP contribution in [0.3, 0.4) is 0 Å². The van der Waals surface area contributed by atoms with Crippen molar-refractivity contribution in [2.75, 3.05) is 14.2 Å². The Labute approximate surface area is 277 Å². The zero-order chi connectivity index (χ0) is 34.1. The van der Waals surface area contributed by atoms with Crippen molar-refractivity contribution in [3.63, 3.8) is 0 Å². The van der Waals surface area contributed by atoms with Gasteiger partial charge in [0.2, 0.25) is 0 Å². The lowest BCUT2D eigenvalue weighted by Crippen LogP contribution is -2.21. The Bertz CT molecular complexity index is 1210. The molecule has 3 heteroatoms. The van der Waals surface area contributed by atoms with Crippen molar-refractivity contribution in [2.45, 2.75) is 112 Å². The molecule has 0 fully saturated rings. The summed E-state index contributed by atoms with van der Waals surface area (Å²) in [5.74, 6) is 0. The third-order valence-electron chi connectivity index (χ3n) is 7.55. The highest BCUT2D eigenvalue weighted by Crippen LogP contribution is 2.20. The average molecular weight is 615 g/mol. The van der Waals surface area contributed by atoms with E-state index >= 15 is 0 Å². The Morgan fingerprint density at radius 2 is 0.867 bits per heavy atom. The zero-order valence-corrected chi connectivity index (χ0v) is 30.3. The van der Waals surface area contributed by atoms with Crippen molar-refractivity contribution in [1.29, 1.82) is 0 Å². The van der Waals surface area contributed by atoms with Crippen LogP contribution in [0.5, 0.6) is 0 Å². The average Bonchev–Trinajstić information content (AvgIpc) is 2.98. The molecule has 0 N–H and O–H groups in total. The highest BCUT2D eigenvalue weighted by molar-refractivity contribution is 5.78. The zero-order valence-electron chi connectivity index (χ0n) is 30.3. The molecule has 0 saturated heterocycles. The molecule has 0 bridgehead atoms. The van der Waals surface area contributed by atoms with Crippen molar-refractivity contribution in [3.05, 3.63) is 131 Å². The molecule has 0 aromatic heterocycles. The number of methoxy groups -OCH3 is 2. The van der Waals surface area contributed by atoms with E-state index in [1.165, 1.54) is 16.7 Å². The molecule has 0 heterocycles. The van der Waals surface area contributed by atoms with E-state index in [4.69, 9.17) is 9.47 Å². The predicted molar refractivity (Wildman–Crippen MR) is 199 cm³/mol. The molecule has 0 aliphatic heterocycles. The van der Waals surface area contributed by atoms with Gasteiger partial charge in [-0.15, -0.1) is 0 Å². The van der Waals surface area contributed by atoms with Gasteiger partial charge in [-0.2, -0.15) is 0 Å². The molecule has 0 saturated carbocycles. The lowest BCUT2D eigenvalue weighted by atomic mass is 9.99. The second-order valence-electron chi connectivity index (χ2n) is 13.0. The number of aldehydes is 1. The molecule has 0 aromatic carbocycles. The van der Waals surface area contributed by atoms with E-state index in [2.05, 4.69) is 117 Å². The van der Waals surface area contributed by atoms with E-state index < -0.39 is 0 Å². The second kappa shape index (κ2) is 24.0. The van der Waals surface area contributed by atoms with Gasteiger partial charge in [0.1, 0.15) is 6.29 Å². The van der Waals surface area contributed by atoms with Crippen LogP contribution in [0.15, 0.2) is 131 Å². The molecule has 0 spiro atoms. The van der Waals surface area contributed by atoms with E-state index in [0.29, 0.717) is 5.57 Å². The van der Waals surface area contributed by atoms with E-state index in [-0.39, 0.29) is 11.2 Å². The van der Waals surface area contributed by atoms with Crippen LogP contribution < -0.4 is 0 Å². The van der Waals surface area contributed by atoms with Crippen LogP contribution in [0.1, 0.15) is 101 Å². The Kier molecular flexibility index (Phi) is 22.3. The third-order valence-corrected chi connectivity index (χ3v) is 7.55. The summed E-state index contributed by atoms with van der Waals surface area (Å²) in [6.45, 7) is 19.1. The Balaban J connectivity index is 4.82. The number of carbonyl (C=O) groups is 1. The van der Waals surface area contributed by atoms with Gasteiger partial charge in [-0.05, 0) is 101 Å². The molecule has 0 radical (unpaired) electrons. The Hall–Kier alpha value is -3.27. The fourth-order valence-corrected chi connectivity index (χ4v) is 4.02. The first-order valence-corrected chi connectivity index (χ1v) is 16.2. The van der Waals surface area contributed by atoms with Crippen molar-refractivity contribution in [3.8, 4) is 0 Å². The molecular weight excluding hydrogens is 552 g/mol. The summed E-state index contributed by atoms with van der Waals surface area (Å²) in [5, 5.41) is 0. The lowest BCUT2D eigenvalue weighted by Gasteiger charge is -2.22. The summed E-state index contributed by atoms with van der Waals surface area (Å²) >= 11 is 0. The van der Waals surface area contributed by atoms with Crippen molar-refractivity contribution in [1.82, 2.24) is 0 Å². The minimum atomic E-state index is -0.0606. The lowest BCUT2D eigenvalue weighted by molar-refractivity contribution is -0.104. The Morgan fingerprint density at radius 1 is 0.511 bits per heavy atom. The molecular formula is C42H62O3. The number of allylic oxidation sites excluding steroid dienone is 22. The minimum absolute atomic E-state index is 0.0495. The molecule has 0 atom stereocenters. The number of rotatable bonds is 21. The normalized spacial score (nSPS) is 15.7. The van der Waals surface area contributed by atoms with Crippen molar-refractivity contribution >= 4 is 6.29 Å². The molecule has 45 heavy (non-hydrogen) atoms. The topological polar surface area (TPSA) is 35.5 Å². The van der Waals surface area contributed by atoms with Gasteiger partial charge in [-0.25, -0.2) is 0 Å². The molecule has 0 amide bonds. The molecule has 248 valence electrons. The number of carbonyl (C=O) groups excluding carboxylic acids is 1. The van der Waals surface area contributed by atoms with Gasteiger partial charge in [0.25, 0.3) is 0 Å². The minimum Gasteiger partial charge on any atom is -0.379 e. The maximum absolute atomic E-state index is 11.5. The largest absolute Gasteiger partial charge is 0.379 e. The summed E-state index contributed by atoms with van der Waals surface area (Å²) < 4.78 is 11.0. The number of hydrogen-bond acceptors (Lipinski definition) is 3. The molecule has 0 rings (SSSR count). The molecule has 0 unspecified atom stereocenters. The fourth-order valence-electron chi connectivity index (χ4n) is 4.02. The van der Waals surface area contributed by atoms with Crippen LogP contribution in [0.2, 0.25) is 0 Å². The van der Waals surface area contributed by atoms with Crippen molar-refractivity contribution in [2.24, 2.45) is 0 Å². The first kappa shape index (κ1) is 41.7. The summed E-state index contributed by atoms with van der Waals surface area (Å²) in [5.41, 5.74) is 6.66. The van der Waals surface area contributed by atoms with Gasteiger partial charge in [-0.3, -0.25) is 4.79 Å². The van der Waals surface area contributed by atoms with Crippen LogP contribution in [0, 0.1) is 0 Å². The van der Waals surface area contributed by atoms with E-state index in [1.807, 2.05) is 42.5 Å². The van der Waals surface area contributed by atoms with Gasteiger partial charge in [0.05, 0.1) is 11.2 Å². The quantitative estimate of drug-likeness (QED) is 0.0733. The highest BCUT2D eigenvalue weighted by atomic mass is 16.5. The van der Waals surface area contributed by atoms with Crippen molar-refractivity contribution < 1.29 is 14.3 Å². The summed E-state index contributed by atoms with van der Waals surface area (Å²) in [7, 11) is 3.55. The highest BCUT2D eigenvalue weighted by Gasteiger charge is 2.15. The Morgan fingerprint density at radius 3 is 1.27 bits per heavy atom. The van der Waals surface area contributed by atoms with Gasteiger partial charge < -0.3 is 9.47 Å². The summed E-state index contributed by atoms with van der Waals surface area (Å²) in [6.07, 6.45) is 39.8. The van der Waals surface area contributed by atoms with Crippen LogP contribution >= 0.6 is 0 Å². The third kappa shape index (κ3) is 24.7. The fraction of sp³-hybridized carbons (Fsp3) is 0.452. The van der Waals surface area contributed by atoms with Crippen LogP contribution in [-0.2, 0) is 14.3 Å². The predicted octanol–water partition coefficient (Wildman–Crippen LogP) is 11.8. The van der Waals surface area contributed by atoms with Gasteiger partial charge >= 0.3 is 0 Å². The van der Waals surface area contributed by atoms with Gasteiger partial charge in [0, 0.05) is 19.8 Å². The smallest absolute Gasteiger partial charge is 0.150 e. The second-order valence-corrected chi connectivity index (χ2v) is 13.0. The van der Waals surface area contributed by atoms with Crippen LogP contribution in [0.4, 0.5) is 0 Å². The standard InChI is InChI=1S/C42H62O3/c1-35(21-14-22-36(2)23-15-25-38(4)28-18-32-41(6,7)44-10)20-12-13-30-40(34-43)31-17-27-37(3)24-16-26-39(5)29-19-33-42(8,9)45-11/h12-17,20-27,30-31,34H,18-19,28-29,32-33H2,1-11H3/b13-12+,21-14+,23-15+,24-16+,31-17+,35-20+,36-22+,37-27+,38-25+,39-26+,40-30-. The first-order valence-electron chi connectivity index (χ1n) is 16.2. The molecule has 3 nitrogen and oxygen atoms in total. The maximum atomic E-state index is 11.5. The van der Waals surface area contributed by atoms with Gasteiger partial charge in [0.15, 0.2) is 0 Å². The SMILES string of the molecule is COC(C)(C)CCC/C(C)=C/C=C/C(C)=C/C=C/C(C=O)=C/C=C/C=C(C)/C=C/C=C(C)/C=C/C=C(\C)CCCC(C)(C)OC. The van der Waals surface area contributed by atoms with Crippen LogP contribution in [-0.4, -0.2) is 31.7 Å². The van der Waals surface area contributed by atoms with Gasteiger partial charge in [-0.1, -0.05) is 125 Å². The molecule has 0 aromatic rings. The number of ether oxygens (including phenoxy) is 2. The maximum Gasteiger partial charge on any atom is 0.150 e. The molecule has 0 aliphatic carbocycles. The van der Waals surface area contributed by atoms with Crippen LogP contribution in [0.25, 0.3) is 0 Å². The molecule has 0 aliphatic rings. The van der Waals surface area contributed by atoms with E-state index in [0.717, 1.165) is 56.0 Å². The summed E-state index contributed by atoms with van der Waals surface area (Å²) in [4.78, 5) is 11.5. The van der Waals surface area contributed by atoms with E-state index in [1.54, 1.807) is 14.2 Å². The summed E-state index contributed by atoms with van der Waals surface area (Å²) in [6, 6.07) is 0. The van der Waals surface area contributed by atoms with E-state index in [9.17, 15) is 4.79 Å². The number of hydrogen-bond donors (Lipinski definition) is 0. The monoisotopic (exact) mass is 614 g/mol. The first-order chi connectivity index (χ1) is 21.2.